The number of para-hydroxylation sites is 2. The number of aromatic nitrogens is 2. The molecule has 3 heterocycles. The van der Waals surface area contributed by atoms with Gasteiger partial charge in [0, 0.05) is 12.4 Å². The standard InChI is InChI=1S/C17H14FN3O2/c18-12-5-6-16-19-13(11-20(16)10-12)9-17(22)21-7-8-23-15-4-2-1-3-14(15)21/h1-6,10-11H,7-9H2. The Kier molecular flexibility index (Phi) is 3.22. The maximum absolute atomic E-state index is 13.2. The van der Waals surface area contributed by atoms with Gasteiger partial charge in [0.05, 0.1) is 24.3 Å². The molecule has 1 aromatic carbocycles. The van der Waals surface area contributed by atoms with Crippen LogP contribution in [-0.2, 0) is 11.2 Å². The number of pyridine rings is 1. The maximum atomic E-state index is 13.2. The number of carbonyl (C=O) groups excluding carboxylic acids is 1. The van der Waals surface area contributed by atoms with Gasteiger partial charge in [-0.1, -0.05) is 12.1 Å². The van der Waals surface area contributed by atoms with Gasteiger partial charge in [-0.25, -0.2) is 9.37 Å². The van der Waals surface area contributed by atoms with Gasteiger partial charge in [-0.3, -0.25) is 4.79 Å². The normalized spacial score (nSPS) is 13.7. The van der Waals surface area contributed by atoms with Gasteiger partial charge < -0.3 is 14.0 Å². The zero-order valence-corrected chi connectivity index (χ0v) is 12.3. The Hall–Kier alpha value is -2.89. The summed E-state index contributed by atoms with van der Waals surface area (Å²) in [7, 11) is 0. The Morgan fingerprint density at radius 2 is 2.09 bits per heavy atom. The van der Waals surface area contributed by atoms with E-state index < -0.39 is 0 Å². The quantitative estimate of drug-likeness (QED) is 0.730. The third-order valence-electron chi connectivity index (χ3n) is 3.83. The van der Waals surface area contributed by atoms with E-state index >= 15 is 0 Å². The predicted molar refractivity (Wildman–Crippen MR) is 83.1 cm³/mol. The first-order valence-electron chi connectivity index (χ1n) is 7.36. The first kappa shape index (κ1) is 13.8. The van der Waals surface area contributed by atoms with Crippen LogP contribution in [0.5, 0.6) is 5.75 Å². The van der Waals surface area contributed by atoms with Gasteiger partial charge in [-0.05, 0) is 24.3 Å². The number of hydrogen-bond acceptors (Lipinski definition) is 3. The van der Waals surface area contributed by atoms with Gasteiger partial charge in [0.2, 0.25) is 5.91 Å². The molecule has 23 heavy (non-hydrogen) atoms. The molecule has 4 rings (SSSR count). The van der Waals surface area contributed by atoms with Crippen LogP contribution < -0.4 is 9.64 Å². The van der Waals surface area contributed by atoms with E-state index in [0.29, 0.717) is 30.2 Å². The van der Waals surface area contributed by atoms with E-state index in [2.05, 4.69) is 4.98 Å². The fourth-order valence-electron chi connectivity index (χ4n) is 2.78. The molecule has 0 saturated heterocycles. The first-order valence-corrected chi connectivity index (χ1v) is 7.36. The molecule has 0 spiro atoms. The van der Waals surface area contributed by atoms with Crippen molar-refractivity contribution in [2.45, 2.75) is 6.42 Å². The summed E-state index contributed by atoms with van der Waals surface area (Å²) in [5, 5.41) is 0. The number of rotatable bonds is 2. The number of benzene rings is 1. The molecule has 0 aliphatic carbocycles. The number of imidazole rings is 1. The number of halogens is 1. The molecule has 0 atom stereocenters. The van der Waals surface area contributed by atoms with Crippen molar-refractivity contribution < 1.29 is 13.9 Å². The van der Waals surface area contributed by atoms with Gasteiger partial charge in [0.15, 0.2) is 0 Å². The number of ether oxygens (including phenoxy) is 1. The molecule has 2 aromatic heterocycles. The van der Waals surface area contributed by atoms with Crippen molar-refractivity contribution in [2.75, 3.05) is 18.1 Å². The molecule has 3 aromatic rings. The molecular formula is C17H14FN3O2. The lowest BCUT2D eigenvalue weighted by Gasteiger charge is -2.29. The predicted octanol–water partition coefficient (Wildman–Crippen LogP) is 2.44. The summed E-state index contributed by atoms with van der Waals surface area (Å²) in [4.78, 5) is 18.7. The molecule has 1 aliphatic heterocycles. The number of fused-ring (bicyclic) bond motifs is 2. The van der Waals surface area contributed by atoms with E-state index in [1.54, 1.807) is 21.6 Å². The zero-order chi connectivity index (χ0) is 15.8. The molecule has 6 heteroatoms. The summed E-state index contributed by atoms with van der Waals surface area (Å²) in [6, 6.07) is 10.4. The van der Waals surface area contributed by atoms with Gasteiger partial charge in [0.25, 0.3) is 0 Å². The van der Waals surface area contributed by atoms with Crippen LogP contribution in [0.3, 0.4) is 0 Å². The van der Waals surface area contributed by atoms with Crippen molar-refractivity contribution in [1.29, 1.82) is 0 Å². The summed E-state index contributed by atoms with van der Waals surface area (Å²) < 4.78 is 20.4. The minimum absolute atomic E-state index is 0.0513. The van der Waals surface area contributed by atoms with Crippen molar-refractivity contribution in [2.24, 2.45) is 0 Å². The third-order valence-corrected chi connectivity index (χ3v) is 3.83. The topological polar surface area (TPSA) is 46.8 Å². The summed E-state index contributed by atoms with van der Waals surface area (Å²) in [6.07, 6.45) is 3.20. The van der Waals surface area contributed by atoms with E-state index in [9.17, 15) is 9.18 Å². The summed E-state index contributed by atoms with van der Waals surface area (Å²) in [6.45, 7) is 0.983. The first-order chi connectivity index (χ1) is 11.2. The molecule has 0 radical (unpaired) electrons. The second-order valence-corrected chi connectivity index (χ2v) is 5.38. The van der Waals surface area contributed by atoms with Gasteiger partial charge in [-0.2, -0.15) is 0 Å². The van der Waals surface area contributed by atoms with E-state index in [1.165, 1.54) is 12.3 Å². The van der Waals surface area contributed by atoms with Crippen LogP contribution in [0.1, 0.15) is 5.69 Å². The Morgan fingerprint density at radius 3 is 3.00 bits per heavy atom. The molecule has 0 bridgehead atoms. The molecular weight excluding hydrogens is 297 g/mol. The molecule has 5 nitrogen and oxygen atoms in total. The number of hydrogen-bond donors (Lipinski definition) is 0. The molecule has 0 saturated carbocycles. The fraction of sp³-hybridized carbons (Fsp3) is 0.176. The van der Waals surface area contributed by atoms with Crippen molar-refractivity contribution in [3.63, 3.8) is 0 Å². The van der Waals surface area contributed by atoms with E-state index in [4.69, 9.17) is 4.74 Å². The van der Waals surface area contributed by atoms with E-state index in [-0.39, 0.29) is 18.1 Å². The van der Waals surface area contributed by atoms with E-state index in [0.717, 1.165) is 5.69 Å². The average Bonchev–Trinajstić information content (AvgIpc) is 2.95. The smallest absolute Gasteiger partial charge is 0.233 e. The number of carbonyl (C=O) groups is 1. The monoisotopic (exact) mass is 311 g/mol. The summed E-state index contributed by atoms with van der Waals surface area (Å²) in [5.41, 5.74) is 2.01. The largest absolute Gasteiger partial charge is 0.490 e. The van der Waals surface area contributed by atoms with Crippen LogP contribution in [0.15, 0.2) is 48.8 Å². The fourth-order valence-corrected chi connectivity index (χ4v) is 2.78. The van der Waals surface area contributed by atoms with Crippen LogP contribution in [0.25, 0.3) is 5.65 Å². The minimum atomic E-state index is -0.338. The van der Waals surface area contributed by atoms with Crippen molar-refractivity contribution in [3.8, 4) is 5.75 Å². The van der Waals surface area contributed by atoms with Crippen LogP contribution >= 0.6 is 0 Å². The SMILES string of the molecule is O=C(Cc1cn2cc(F)ccc2n1)N1CCOc2ccccc21. The highest BCUT2D eigenvalue weighted by Crippen LogP contribution is 2.31. The lowest BCUT2D eigenvalue weighted by atomic mass is 10.2. The zero-order valence-electron chi connectivity index (χ0n) is 12.3. The number of anilines is 1. The Morgan fingerprint density at radius 1 is 1.22 bits per heavy atom. The third kappa shape index (κ3) is 2.52. The molecule has 1 amide bonds. The lowest BCUT2D eigenvalue weighted by molar-refractivity contribution is -0.118. The Bertz CT molecular complexity index is 890. The Balaban J connectivity index is 1.60. The summed E-state index contributed by atoms with van der Waals surface area (Å²) in [5.74, 6) is 0.323. The minimum Gasteiger partial charge on any atom is -0.490 e. The second-order valence-electron chi connectivity index (χ2n) is 5.38. The Labute approximate surface area is 131 Å². The average molecular weight is 311 g/mol. The maximum Gasteiger partial charge on any atom is 0.233 e. The van der Waals surface area contributed by atoms with Gasteiger partial charge in [-0.15, -0.1) is 0 Å². The van der Waals surface area contributed by atoms with Crippen LogP contribution in [0.2, 0.25) is 0 Å². The highest BCUT2D eigenvalue weighted by molar-refractivity contribution is 5.96. The van der Waals surface area contributed by atoms with Crippen molar-refractivity contribution in [1.82, 2.24) is 9.38 Å². The van der Waals surface area contributed by atoms with Crippen molar-refractivity contribution >= 4 is 17.2 Å². The number of amides is 1. The van der Waals surface area contributed by atoms with E-state index in [1.807, 2.05) is 24.3 Å². The second kappa shape index (κ2) is 5.39. The van der Waals surface area contributed by atoms with Gasteiger partial charge >= 0.3 is 0 Å². The van der Waals surface area contributed by atoms with Crippen LogP contribution in [-0.4, -0.2) is 28.4 Å². The summed E-state index contributed by atoms with van der Waals surface area (Å²) >= 11 is 0. The molecule has 116 valence electrons. The highest BCUT2D eigenvalue weighted by atomic mass is 19.1. The number of nitrogens with zero attached hydrogens (tertiary/aromatic N) is 3. The molecule has 0 unspecified atom stereocenters. The highest BCUT2D eigenvalue weighted by Gasteiger charge is 2.23. The van der Waals surface area contributed by atoms with Crippen molar-refractivity contribution in [3.05, 3.63) is 60.3 Å². The van der Waals surface area contributed by atoms with Gasteiger partial charge in [0.1, 0.15) is 23.8 Å². The molecule has 1 aliphatic rings. The molecule has 0 fully saturated rings. The van der Waals surface area contributed by atoms with Crippen LogP contribution in [0.4, 0.5) is 10.1 Å². The van der Waals surface area contributed by atoms with Crippen LogP contribution in [0, 0.1) is 5.82 Å². The lowest BCUT2D eigenvalue weighted by Crippen LogP contribution is -2.38. The molecule has 0 N–H and O–H groups in total.